The van der Waals surface area contributed by atoms with Crippen LogP contribution >= 0.6 is 0 Å². The number of hydrogen-bond acceptors (Lipinski definition) is 7. The molecule has 1 aliphatic heterocycles. The summed E-state index contributed by atoms with van der Waals surface area (Å²) in [4.78, 5) is 17.8. The second-order valence-electron chi connectivity index (χ2n) is 7.54. The van der Waals surface area contributed by atoms with Gasteiger partial charge in [-0.2, -0.15) is 4.98 Å². The molecule has 2 unspecified atom stereocenters. The van der Waals surface area contributed by atoms with Crippen LogP contribution < -0.4 is 10.0 Å². The Kier molecular flexibility index (Phi) is 5.86. The quantitative estimate of drug-likeness (QED) is 0.603. The van der Waals surface area contributed by atoms with E-state index in [1.165, 1.54) is 19.1 Å². The van der Waals surface area contributed by atoms with Crippen LogP contribution in [0.3, 0.4) is 0 Å². The maximum absolute atomic E-state index is 12.8. The molecule has 1 amide bonds. The number of likely N-dealkylation sites (N-methyl/N-ethyl adjacent to an activating group) is 1. The molecular formula is C21H23N5O4S. The van der Waals surface area contributed by atoms with E-state index in [-0.39, 0.29) is 22.9 Å². The van der Waals surface area contributed by atoms with Crippen molar-refractivity contribution in [2.24, 2.45) is 0 Å². The maximum atomic E-state index is 12.8. The second-order valence-corrected chi connectivity index (χ2v) is 9.25. The van der Waals surface area contributed by atoms with Gasteiger partial charge in [0.25, 0.3) is 0 Å². The number of anilines is 1. The molecule has 0 aliphatic carbocycles. The molecule has 9 nitrogen and oxygen atoms in total. The molecule has 1 saturated heterocycles. The zero-order valence-corrected chi connectivity index (χ0v) is 18.0. The molecule has 0 saturated carbocycles. The summed E-state index contributed by atoms with van der Waals surface area (Å²) in [7, 11) is -1.82. The third-order valence-corrected chi connectivity index (χ3v) is 6.65. The Bertz CT molecular complexity index is 1160. The van der Waals surface area contributed by atoms with E-state index < -0.39 is 10.0 Å². The lowest BCUT2D eigenvalue weighted by Crippen LogP contribution is -2.36. The van der Waals surface area contributed by atoms with Crippen LogP contribution in [0.5, 0.6) is 0 Å². The van der Waals surface area contributed by atoms with Gasteiger partial charge in [0.05, 0.1) is 10.9 Å². The number of nitrogens with zero attached hydrogens (tertiary/aromatic N) is 3. The minimum atomic E-state index is -3.71. The smallest absolute Gasteiger partial charge is 0.244 e. The Morgan fingerprint density at radius 2 is 1.84 bits per heavy atom. The Morgan fingerprint density at radius 3 is 2.52 bits per heavy atom. The van der Waals surface area contributed by atoms with Crippen LogP contribution in [0.25, 0.3) is 11.4 Å². The lowest BCUT2D eigenvalue weighted by Gasteiger charge is -2.14. The van der Waals surface area contributed by atoms with Crippen LogP contribution in [0.15, 0.2) is 64.0 Å². The van der Waals surface area contributed by atoms with Crippen molar-refractivity contribution in [3.05, 3.63) is 60.5 Å². The molecule has 162 valence electrons. The lowest BCUT2D eigenvalue weighted by atomic mass is 10.2. The number of amides is 1. The summed E-state index contributed by atoms with van der Waals surface area (Å²) in [6.45, 7) is 1.91. The molecule has 2 aromatic carbocycles. The predicted molar refractivity (Wildman–Crippen MR) is 115 cm³/mol. The second kappa shape index (κ2) is 8.58. The Morgan fingerprint density at radius 1 is 1.13 bits per heavy atom. The number of aromatic nitrogens is 2. The van der Waals surface area contributed by atoms with Crippen molar-refractivity contribution in [2.75, 3.05) is 18.9 Å². The van der Waals surface area contributed by atoms with Crippen molar-refractivity contribution in [3.63, 3.8) is 0 Å². The molecule has 0 bridgehead atoms. The van der Waals surface area contributed by atoms with Gasteiger partial charge in [-0.3, -0.25) is 9.69 Å². The molecule has 2 heterocycles. The summed E-state index contributed by atoms with van der Waals surface area (Å²) < 4.78 is 33.8. The number of carbonyl (C=O) groups is 1. The van der Waals surface area contributed by atoms with E-state index in [9.17, 15) is 13.2 Å². The molecular weight excluding hydrogens is 418 g/mol. The maximum Gasteiger partial charge on any atom is 0.244 e. The first-order chi connectivity index (χ1) is 14.8. The number of carbonyl (C=O) groups excluding carboxylic acids is 1. The van der Waals surface area contributed by atoms with E-state index in [4.69, 9.17) is 4.52 Å². The summed E-state index contributed by atoms with van der Waals surface area (Å²) in [6.07, 6.45) is 0.510. The molecule has 2 atom stereocenters. The third-order valence-electron chi connectivity index (χ3n) is 5.11. The van der Waals surface area contributed by atoms with Gasteiger partial charge in [-0.05, 0) is 37.7 Å². The minimum Gasteiger partial charge on any atom is -0.337 e. The first kappa shape index (κ1) is 21.2. The van der Waals surface area contributed by atoms with Crippen molar-refractivity contribution < 1.29 is 17.7 Å². The van der Waals surface area contributed by atoms with E-state index in [1.807, 2.05) is 42.3 Å². The summed E-state index contributed by atoms with van der Waals surface area (Å²) in [5, 5.41) is 6.68. The summed E-state index contributed by atoms with van der Waals surface area (Å²) >= 11 is 0. The Balaban J connectivity index is 1.44. The molecule has 31 heavy (non-hydrogen) atoms. The number of hydrogen-bond donors (Lipinski definition) is 2. The number of likely N-dealkylation sites (tertiary alicyclic amines) is 1. The Labute approximate surface area is 180 Å². The van der Waals surface area contributed by atoms with Gasteiger partial charge in [0.15, 0.2) is 0 Å². The van der Waals surface area contributed by atoms with Gasteiger partial charge in [-0.15, -0.1) is 0 Å². The molecule has 2 N–H and O–H groups in total. The monoisotopic (exact) mass is 441 g/mol. The zero-order valence-electron chi connectivity index (χ0n) is 17.1. The first-order valence-corrected chi connectivity index (χ1v) is 11.3. The van der Waals surface area contributed by atoms with E-state index in [0.29, 0.717) is 30.4 Å². The van der Waals surface area contributed by atoms with Gasteiger partial charge in [0, 0.05) is 30.8 Å². The average molecular weight is 442 g/mol. The van der Waals surface area contributed by atoms with E-state index in [1.54, 1.807) is 12.1 Å². The minimum absolute atomic E-state index is 0.136. The fourth-order valence-corrected chi connectivity index (χ4v) is 4.90. The molecule has 10 heteroatoms. The topological polar surface area (TPSA) is 117 Å². The molecule has 1 aromatic heterocycles. The van der Waals surface area contributed by atoms with Crippen LogP contribution in [-0.4, -0.2) is 49.0 Å². The number of nitrogens with one attached hydrogen (secondary N) is 2. The average Bonchev–Trinajstić information content (AvgIpc) is 3.35. The first-order valence-electron chi connectivity index (χ1n) is 9.81. The van der Waals surface area contributed by atoms with Gasteiger partial charge >= 0.3 is 0 Å². The molecule has 4 rings (SSSR count). The molecule has 1 aliphatic rings. The highest BCUT2D eigenvalue weighted by atomic mass is 32.2. The predicted octanol–water partition coefficient (Wildman–Crippen LogP) is 2.42. The van der Waals surface area contributed by atoms with Gasteiger partial charge in [-0.25, -0.2) is 13.1 Å². The number of benzene rings is 2. The van der Waals surface area contributed by atoms with Crippen LogP contribution in [0.1, 0.15) is 25.3 Å². The van der Waals surface area contributed by atoms with E-state index >= 15 is 0 Å². The summed E-state index contributed by atoms with van der Waals surface area (Å²) in [5.74, 6) is 0.750. The van der Waals surface area contributed by atoms with Crippen molar-refractivity contribution in [1.29, 1.82) is 0 Å². The zero-order chi connectivity index (χ0) is 22.0. The SMILES string of the molecule is CC(=O)Nc1ccc(S(=O)(=O)NC2CC(c3nc(-c4ccccc4)no3)N(C)C2)cc1. The van der Waals surface area contributed by atoms with Crippen LogP contribution in [0.2, 0.25) is 0 Å². The molecule has 3 aromatic rings. The molecule has 0 spiro atoms. The number of sulfonamides is 1. The van der Waals surface area contributed by atoms with Gasteiger partial charge in [0.2, 0.25) is 27.6 Å². The van der Waals surface area contributed by atoms with Crippen molar-refractivity contribution in [2.45, 2.75) is 30.3 Å². The third kappa shape index (κ3) is 4.82. The van der Waals surface area contributed by atoms with Gasteiger partial charge in [-0.1, -0.05) is 35.5 Å². The van der Waals surface area contributed by atoms with Gasteiger partial charge < -0.3 is 9.84 Å². The van der Waals surface area contributed by atoms with Crippen LogP contribution in [0.4, 0.5) is 5.69 Å². The van der Waals surface area contributed by atoms with Crippen molar-refractivity contribution in [3.8, 4) is 11.4 Å². The Hall–Kier alpha value is -3.08. The van der Waals surface area contributed by atoms with Crippen molar-refractivity contribution in [1.82, 2.24) is 19.8 Å². The highest BCUT2D eigenvalue weighted by molar-refractivity contribution is 7.89. The molecule has 1 fully saturated rings. The van der Waals surface area contributed by atoms with Crippen LogP contribution in [0, 0.1) is 0 Å². The highest BCUT2D eigenvalue weighted by Crippen LogP contribution is 2.31. The summed E-state index contributed by atoms with van der Waals surface area (Å²) in [6, 6.07) is 15.1. The van der Waals surface area contributed by atoms with Gasteiger partial charge in [0.1, 0.15) is 0 Å². The summed E-state index contributed by atoms with van der Waals surface area (Å²) in [5.41, 5.74) is 1.40. The van der Waals surface area contributed by atoms with E-state index in [2.05, 4.69) is 20.2 Å². The highest BCUT2D eigenvalue weighted by Gasteiger charge is 2.36. The van der Waals surface area contributed by atoms with E-state index in [0.717, 1.165) is 5.56 Å². The lowest BCUT2D eigenvalue weighted by molar-refractivity contribution is -0.114. The fraction of sp³-hybridized carbons (Fsp3) is 0.286. The number of rotatable bonds is 6. The normalized spacial score (nSPS) is 19.4. The molecule has 0 radical (unpaired) electrons. The van der Waals surface area contributed by atoms with Crippen molar-refractivity contribution >= 4 is 21.6 Å². The largest absolute Gasteiger partial charge is 0.337 e. The fourth-order valence-electron chi connectivity index (χ4n) is 3.66. The standard InChI is InChI=1S/C21H23N5O4S/c1-14(27)22-16-8-10-18(11-9-16)31(28,29)25-17-12-19(26(2)13-17)21-23-20(24-30-21)15-6-4-3-5-7-15/h3-11,17,19,25H,12-13H2,1-2H3,(H,22,27). The van der Waals surface area contributed by atoms with Crippen LogP contribution in [-0.2, 0) is 14.8 Å².